The lowest BCUT2D eigenvalue weighted by Crippen LogP contribution is -2.16. The van der Waals surface area contributed by atoms with Gasteiger partial charge in [-0.05, 0) is 0 Å². The molecule has 0 aromatic heterocycles. The molecule has 0 heterocycles. The molecule has 0 bridgehead atoms. The van der Waals surface area contributed by atoms with Crippen LogP contribution >= 0.6 is 0 Å². The number of hydrogen-bond donors (Lipinski definition) is 1. The molecular weight excluding hydrogens is 128 g/mol. The summed E-state index contributed by atoms with van der Waals surface area (Å²) in [5, 5.41) is 7.74. The molecular formula is C4H4O5. The fourth-order valence-corrected chi connectivity index (χ4v) is 0.151. The zero-order valence-corrected chi connectivity index (χ0v) is 4.58. The Labute approximate surface area is 50.2 Å². The molecule has 0 saturated carbocycles. The van der Waals surface area contributed by atoms with E-state index >= 15 is 0 Å². The van der Waals surface area contributed by atoms with Crippen LogP contribution in [0.1, 0.15) is 6.92 Å². The van der Waals surface area contributed by atoms with E-state index in [9.17, 15) is 14.4 Å². The second-order valence-electron chi connectivity index (χ2n) is 1.21. The Morgan fingerprint density at radius 2 is 1.78 bits per heavy atom. The van der Waals surface area contributed by atoms with Crippen LogP contribution in [0.2, 0.25) is 0 Å². The highest BCUT2D eigenvalue weighted by Gasteiger charge is 2.12. The molecule has 0 saturated heterocycles. The van der Waals surface area contributed by atoms with Crippen molar-refractivity contribution < 1.29 is 24.2 Å². The van der Waals surface area contributed by atoms with Gasteiger partial charge in [-0.25, -0.2) is 9.59 Å². The molecule has 1 N–H and O–H groups in total. The first-order chi connectivity index (χ1) is 4.04. The molecule has 0 unspecified atom stereocenters. The number of ketones is 1. The molecule has 0 rings (SSSR count). The summed E-state index contributed by atoms with van der Waals surface area (Å²) in [6, 6.07) is 0. The fraction of sp³-hybridized carbons (Fsp3) is 0.250. The maximum Gasteiger partial charge on any atom is 0.513 e. The number of ether oxygens (including phenoxy) is 1. The highest BCUT2D eigenvalue weighted by molar-refractivity contribution is 6.33. The smallest absolute Gasteiger partial charge is 0.449 e. The van der Waals surface area contributed by atoms with E-state index in [1.165, 1.54) is 0 Å². The maximum absolute atomic E-state index is 10.0. The van der Waals surface area contributed by atoms with Crippen LogP contribution < -0.4 is 0 Å². The number of hydrogen-bond acceptors (Lipinski definition) is 4. The fourth-order valence-electron chi connectivity index (χ4n) is 0.151. The second kappa shape index (κ2) is 2.81. The molecule has 0 spiro atoms. The van der Waals surface area contributed by atoms with Crippen LogP contribution in [0, 0.1) is 0 Å². The van der Waals surface area contributed by atoms with Crippen molar-refractivity contribution in [2.24, 2.45) is 0 Å². The van der Waals surface area contributed by atoms with Crippen LogP contribution in [0.5, 0.6) is 0 Å². The van der Waals surface area contributed by atoms with Crippen LogP contribution in [-0.2, 0) is 14.3 Å². The zero-order valence-electron chi connectivity index (χ0n) is 4.58. The van der Waals surface area contributed by atoms with Gasteiger partial charge in [0.1, 0.15) is 0 Å². The summed E-state index contributed by atoms with van der Waals surface area (Å²) in [4.78, 5) is 29.5. The number of carbonyl (C=O) groups excluding carboxylic acids is 2. The lowest BCUT2D eigenvalue weighted by Gasteiger charge is -1.89. The summed E-state index contributed by atoms with van der Waals surface area (Å²) in [5.41, 5.74) is 0. The van der Waals surface area contributed by atoms with E-state index in [1.807, 2.05) is 0 Å². The molecule has 0 aliphatic carbocycles. The van der Waals surface area contributed by atoms with Crippen molar-refractivity contribution >= 4 is 17.9 Å². The van der Waals surface area contributed by atoms with Gasteiger partial charge >= 0.3 is 12.1 Å². The number of Topliss-reactive ketones (excluding diaryl/α,β-unsaturated/α-hetero) is 1. The van der Waals surface area contributed by atoms with E-state index in [0.29, 0.717) is 0 Å². The maximum atomic E-state index is 10.0. The predicted octanol–water partition coefficient (Wildman–Crippen LogP) is -0.203. The monoisotopic (exact) mass is 132 g/mol. The van der Waals surface area contributed by atoms with E-state index in [2.05, 4.69) is 4.74 Å². The summed E-state index contributed by atoms with van der Waals surface area (Å²) in [6.07, 6.45) is -1.77. The minimum Gasteiger partial charge on any atom is -0.449 e. The SMILES string of the molecule is CC(=O)C(=O)OC(=O)O. The van der Waals surface area contributed by atoms with Gasteiger partial charge in [0.2, 0.25) is 5.78 Å². The van der Waals surface area contributed by atoms with Crippen LogP contribution in [0.15, 0.2) is 0 Å². The molecule has 0 fully saturated rings. The molecule has 0 aromatic carbocycles. The molecule has 5 nitrogen and oxygen atoms in total. The molecule has 0 aliphatic heterocycles. The summed E-state index contributed by atoms with van der Waals surface area (Å²) in [7, 11) is 0. The predicted molar refractivity (Wildman–Crippen MR) is 24.8 cm³/mol. The van der Waals surface area contributed by atoms with Crippen LogP contribution in [0.4, 0.5) is 4.79 Å². The summed E-state index contributed by atoms with van der Waals surface area (Å²) >= 11 is 0. The Morgan fingerprint density at radius 3 is 1.89 bits per heavy atom. The lowest BCUT2D eigenvalue weighted by molar-refractivity contribution is -0.149. The Kier molecular flexibility index (Phi) is 2.37. The van der Waals surface area contributed by atoms with Crippen molar-refractivity contribution in [2.75, 3.05) is 0 Å². The van der Waals surface area contributed by atoms with Gasteiger partial charge in [-0.2, -0.15) is 0 Å². The number of rotatable bonds is 1. The van der Waals surface area contributed by atoms with Crippen LogP contribution in [0.25, 0.3) is 0 Å². The molecule has 0 aromatic rings. The first-order valence-corrected chi connectivity index (χ1v) is 1.99. The van der Waals surface area contributed by atoms with Gasteiger partial charge in [0.05, 0.1) is 0 Å². The topological polar surface area (TPSA) is 80.7 Å². The third-order valence-corrected chi connectivity index (χ3v) is 0.467. The van der Waals surface area contributed by atoms with Crippen LogP contribution in [0.3, 0.4) is 0 Å². The Hall–Kier alpha value is -1.39. The Balaban J connectivity index is 3.79. The van der Waals surface area contributed by atoms with E-state index < -0.39 is 17.9 Å². The van der Waals surface area contributed by atoms with Crippen molar-refractivity contribution in [1.29, 1.82) is 0 Å². The van der Waals surface area contributed by atoms with E-state index in [-0.39, 0.29) is 0 Å². The highest BCUT2D eigenvalue weighted by atomic mass is 16.7. The first-order valence-electron chi connectivity index (χ1n) is 1.99. The normalized spacial score (nSPS) is 8.11. The van der Waals surface area contributed by atoms with Gasteiger partial charge < -0.3 is 9.84 Å². The van der Waals surface area contributed by atoms with Gasteiger partial charge in [-0.1, -0.05) is 0 Å². The van der Waals surface area contributed by atoms with E-state index in [0.717, 1.165) is 6.92 Å². The molecule has 5 heteroatoms. The number of esters is 1. The van der Waals surface area contributed by atoms with Gasteiger partial charge in [-0.15, -0.1) is 0 Å². The van der Waals surface area contributed by atoms with Crippen LogP contribution in [-0.4, -0.2) is 23.0 Å². The third kappa shape index (κ3) is 3.22. The quantitative estimate of drug-likeness (QED) is 0.303. The lowest BCUT2D eigenvalue weighted by atomic mass is 10.5. The largest absolute Gasteiger partial charge is 0.513 e. The van der Waals surface area contributed by atoms with Crippen molar-refractivity contribution in [3.05, 3.63) is 0 Å². The Bertz CT molecular complexity index is 158. The average Bonchev–Trinajstić information content (AvgIpc) is 1.63. The van der Waals surface area contributed by atoms with Crippen molar-refractivity contribution in [3.63, 3.8) is 0 Å². The Morgan fingerprint density at radius 1 is 1.33 bits per heavy atom. The van der Waals surface area contributed by atoms with Gasteiger partial charge in [-0.3, -0.25) is 4.79 Å². The first kappa shape index (κ1) is 7.61. The van der Waals surface area contributed by atoms with Gasteiger partial charge in [0.25, 0.3) is 0 Å². The molecule has 0 atom stereocenters. The molecule has 0 amide bonds. The van der Waals surface area contributed by atoms with E-state index in [1.54, 1.807) is 0 Å². The average molecular weight is 132 g/mol. The molecule has 9 heavy (non-hydrogen) atoms. The third-order valence-electron chi connectivity index (χ3n) is 0.467. The second-order valence-corrected chi connectivity index (χ2v) is 1.21. The number of carbonyl (C=O) groups is 3. The summed E-state index contributed by atoms with van der Waals surface area (Å²) < 4.78 is 3.44. The van der Waals surface area contributed by atoms with Crippen molar-refractivity contribution in [1.82, 2.24) is 0 Å². The van der Waals surface area contributed by atoms with Crippen molar-refractivity contribution in [2.45, 2.75) is 6.92 Å². The minimum atomic E-state index is -1.77. The summed E-state index contributed by atoms with van der Waals surface area (Å²) in [6.45, 7) is 0.922. The zero-order chi connectivity index (χ0) is 7.44. The van der Waals surface area contributed by atoms with Gasteiger partial charge in [0, 0.05) is 6.92 Å². The standard InChI is InChI=1S/C4H4O5/c1-2(5)3(6)9-4(7)8/h1H3,(H,7,8). The van der Waals surface area contributed by atoms with E-state index in [4.69, 9.17) is 5.11 Å². The van der Waals surface area contributed by atoms with Gasteiger partial charge in [0.15, 0.2) is 0 Å². The van der Waals surface area contributed by atoms with Crippen molar-refractivity contribution in [3.8, 4) is 0 Å². The highest BCUT2D eigenvalue weighted by Crippen LogP contribution is 1.79. The molecule has 0 aliphatic rings. The molecule has 0 radical (unpaired) electrons. The summed E-state index contributed by atoms with van der Waals surface area (Å²) in [5.74, 6) is -2.29. The number of carboxylic acid groups (broad SMARTS) is 1. The molecule has 50 valence electrons. The minimum absolute atomic E-state index is 0.922.